The highest BCUT2D eigenvalue weighted by atomic mass is 35.5. The highest BCUT2D eigenvalue weighted by Gasteiger charge is 2.14. The second-order valence-electron chi connectivity index (χ2n) is 3.43. The third-order valence-corrected chi connectivity index (χ3v) is 3.02. The van der Waals surface area contributed by atoms with E-state index in [0.29, 0.717) is 10.7 Å². The lowest BCUT2D eigenvalue weighted by atomic mass is 10.2. The lowest BCUT2D eigenvalue weighted by molar-refractivity contribution is 0.101. The molecule has 2 rings (SSSR count). The smallest absolute Gasteiger partial charge is 0.278 e. The predicted octanol–water partition coefficient (Wildman–Crippen LogP) is 3.35. The number of aromatic nitrogens is 1. The van der Waals surface area contributed by atoms with Crippen LogP contribution in [0.2, 0.25) is 10.0 Å². The number of hydrogen-bond donors (Lipinski definition) is 2. The zero-order valence-corrected chi connectivity index (χ0v) is 10.5. The summed E-state index contributed by atoms with van der Waals surface area (Å²) < 4.78 is 0. The van der Waals surface area contributed by atoms with Gasteiger partial charge in [-0.25, -0.2) is 4.98 Å². The molecule has 0 aliphatic rings. The third kappa shape index (κ3) is 2.55. The van der Waals surface area contributed by atoms with Gasteiger partial charge in [0.1, 0.15) is 5.75 Å². The van der Waals surface area contributed by atoms with Crippen molar-refractivity contribution >= 4 is 34.8 Å². The molecule has 4 nitrogen and oxygen atoms in total. The molecule has 0 atom stereocenters. The molecule has 2 N–H and O–H groups in total. The molecule has 1 amide bonds. The Morgan fingerprint density at radius 1 is 1.22 bits per heavy atom. The molecule has 0 spiro atoms. The topological polar surface area (TPSA) is 62.2 Å². The first kappa shape index (κ1) is 12.7. The van der Waals surface area contributed by atoms with Crippen LogP contribution >= 0.6 is 23.2 Å². The number of aromatic hydroxyl groups is 1. The fraction of sp³-hybridized carbons (Fsp3) is 0. The van der Waals surface area contributed by atoms with E-state index >= 15 is 0 Å². The molecular weight excluding hydrogens is 275 g/mol. The van der Waals surface area contributed by atoms with Gasteiger partial charge in [0.25, 0.3) is 5.91 Å². The second-order valence-corrected chi connectivity index (χ2v) is 4.21. The molecule has 6 heteroatoms. The van der Waals surface area contributed by atoms with Gasteiger partial charge in [0.2, 0.25) is 0 Å². The van der Waals surface area contributed by atoms with Gasteiger partial charge in [-0.1, -0.05) is 29.3 Å². The highest BCUT2D eigenvalue weighted by Crippen LogP contribution is 2.30. The van der Waals surface area contributed by atoms with Crippen LogP contribution in [-0.2, 0) is 0 Å². The van der Waals surface area contributed by atoms with Gasteiger partial charge in [0.05, 0.1) is 15.7 Å². The van der Waals surface area contributed by atoms with Crippen LogP contribution in [0.5, 0.6) is 5.75 Å². The number of carbonyl (C=O) groups excluding carboxylic acids is 1. The summed E-state index contributed by atoms with van der Waals surface area (Å²) in [5.74, 6) is -0.759. The average molecular weight is 283 g/mol. The van der Waals surface area contributed by atoms with Crippen LogP contribution in [-0.4, -0.2) is 16.0 Å². The number of hydrogen-bond acceptors (Lipinski definition) is 3. The van der Waals surface area contributed by atoms with Crippen LogP contribution in [0.3, 0.4) is 0 Å². The third-order valence-electron chi connectivity index (χ3n) is 2.20. The number of carbonyl (C=O) groups is 1. The Bertz CT molecular complexity index is 602. The normalized spacial score (nSPS) is 10.1. The van der Waals surface area contributed by atoms with E-state index in [0.717, 1.165) is 0 Å². The summed E-state index contributed by atoms with van der Waals surface area (Å²) in [5, 5.41) is 12.6. The fourth-order valence-electron chi connectivity index (χ4n) is 1.35. The van der Waals surface area contributed by atoms with Gasteiger partial charge < -0.3 is 10.4 Å². The van der Waals surface area contributed by atoms with Crippen LogP contribution in [0.4, 0.5) is 5.69 Å². The Hall–Kier alpha value is -1.78. The Morgan fingerprint density at radius 2 is 2.00 bits per heavy atom. The number of nitrogens with one attached hydrogen (secondary N) is 1. The van der Waals surface area contributed by atoms with Crippen molar-refractivity contribution in [3.63, 3.8) is 0 Å². The van der Waals surface area contributed by atoms with Gasteiger partial charge >= 0.3 is 0 Å². The summed E-state index contributed by atoms with van der Waals surface area (Å²) in [7, 11) is 0. The van der Waals surface area contributed by atoms with Crippen molar-refractivity contribution in [1.82, 2.24) is 4.98 Å². The summed E-state index contributed by atoms with van der Waals surface area (Å²) in [6.07, 6.45) is 1.41. The lowest BCUT2D eigenvalue weighted by Gasteiger charge is -2.08. The standard InChI is InChI=1S/C12H8Cl2N2O2/c13-7-3-1-4-8(10(7)14)16-12(18)11-9(17)5-2-6-15-11/h1-6,17H,(H,16,18). The number of nitrogens with zero attached hydrogens (tertiary/aromatic N) is 1. The van der Waals surface area contributed by atoms with Crippen LogP contribution < -0.4 is 5.32 Å². The number of benzene rings is 1. The van der Waals surface area contributed by atoms with Crippen molar-refractivity contribution in [3.8, 4) is 5.75 Å². The molecule has 0 radical (unpaired) electrons. The molecule has 92 valence electrons. The van der Waals surface area contributed by atoms with Crippen molar-refractivity contribution in [1.29, 1.82) is 0 Å². The van der Waals surface area contributed by atoms with E-state index in [1.54, 1.807) is 18.2 Å². The minimum Gasteiger partial charge on any atom is -0.505 e. The predicted molar refractivity (Wildman–Crippen MR) is 70.3 cm³/mol. The summed E-state index contributed by atoms with van der Waals surface area (Å²) in [6.45, 7) is 0. The minimum atomic E-state index is -0.558. The molecule has 0 unspecified atom stereocenters. The molecule has 0 saturated carbocycles. The van der Waals surface area contributed by atoms with Gasteiger partial charge in [-0.15, -0.1) is 0 Å². The summed E-state index contributed by atoms with van der Waals surface area (Å²) in [6, 6.07) is 7.77. The molecule has 0 aliphatic carbocycles. The lowest BCUT2D eigenvalue weighted by Crippen LogP contribution is -2.14. The van der Waals surface area contributed by atoms with Gasteiger partial charge in [0.15, 0.2) is 5.69 Å². The van der Waals surface area contributed by atoms with Gasteiger partial charge in [0, 0.05) is 6.20 Å². The molecule has 18 heavy (non-hydrogen) atoms. The van der Waals surface area contributed by atoms with Crippen molar-refractivity contribution in [2.75, 3.05) is 5.32 Å². The van der Waals surface area contributed by atoms with Crippen LogP contribution in [0.25, 0.3) is 0 Å². The minimum absolute atomic E-state index is 0.0754. The van der Waals surface area contributed by atoms with E-state index in [1.165, 1.54) is 18.3 Å². The van der Waals surface area contributed by atoms with E-state index in [1.807, 2.05) is 0 Å². The first-order chi connectivity index (χ1) is 8.59. The fourth-order valence-corrected chi connectivity index (χ4v) is 1.70. The van der Waals surface area contributed by atoms with Crippen molar-refractivity contribution < 1.29 is 9.90 Å². The molecule has 0 saturated heterocycles. The molecular formula is C12H8Cl2N2O2. The Morgan fingerprint density at radius 3 is 2.72 bits per heavy atom. The quantitative estimate of drug-likeness (QED) is 0.888. The summed E-state index contributed by atoms with van der Waals surface area (Å²) in [4.78, 5) is 15.7. The Kier molecular flexibility index (Phi) is 3.69. The first-order valence-electron chi connectivity index (χ1n) is 4.99. The summed E-state index contributed by atoms with van der Waals surface area (Å²) in [5.41, 5.74) is 0.285. The number of halogens is 2. The number of amides is 1. The van der Waals surface area contributed by atoms with Gasteiger partial charge in [-0.2, -0.15) is 0 Å². The maximum Gasteiger partial charge on any atom is 0.278 e. The maximum absolute atomic E-state index is 11.9. The van der Waals surface area contributed by atoms with Crippen LogP contribution in [0.1, 0.15) is 10.5 Å². The van der Waals surface area contributed by atoms with Crippen LogP contribution in [0, 0.1) is 0 Å². The molecule has 0 fully saturated rings. The molecule has 1 aromatic heterocycles. The molecule has 1 aromatic carbocycles. The number of anilines is 1. The molecule has 1 heterocycles. The van der Waals surface area contributed by atoms with Gasteiger partial charge in [-0.05, 0) is 24.3 Å². The van der Waals surface area contributed by atoms with E-state index in [-0.39, 0.29) is 16.5 Å². The van der Waals surface area contributed by atoms with E-state index in [4.69, 9.17) is 23.2 Å². The van der Waals surface area contributed by atoms with E-state index in [9.17, 15) is 9.90 Å². The van der Waals surface area contributed by atoms with E-state index in [2.05, 4.69) is 10.3 Å². The molecule has 2 aromatic rings. The van der Waals surface area contributed by atoms with Gasteiger partial charge in [-0.3, -0.25) is 4.79 Å². The number of pyridine rings is 1. The molecule has 0 bridgehead atoms. The average Bonchev–Trinajstić information content (AvgIpc) is 2.35. The Labute approximate surface area is 113 Å². The van der Waals surface area contributed by atoms with Crippen LogP contribution in [0.15, 0.2) is 36.5 Å². The second kappa shape index (κ2) is 5.25. The maximum atomic E-state index is 11.9. The summed E-state index contributed by atoms with van der Waals surface area (Å²) >= 11 is 11.8. The largest absolute Gasteiger partial charge is 0.505 e. The van der Waals surface area contributed by atoms with Crippen molar-refractivity contribution in [3.05, 3.63) is 52.3 Å². The van der Waals surface area contributed by atoms with Crippen molar-refractivity contribution in [2.45, 2.75) is 0 Å². The SMILES string of the molecule is O=C(Nc1cccc(Cl)c1Cl)c1ncccc1O. The zero-order chi connectivity index (χ0) is 13.1. The Balaban J connectivity index is 2.27. The number of rotatable bonds is 2. The monoisotopic (exact) mass is 282 g/mol. The first-order valence-corrected chi connectivity index (χ1v) is 5.74. The van der Waals surface area contributed by atoms with Crippen molar-refractivity contribution in [2.24, 2.45) is 0 Å². The highest BCUT2D eigenvalue weighted by molar-refractivity contribution is 6.44. The zero-order valence-electron chi connectivity index (χ0n) is 9.02. The van der Waals surface area contributed by atoms with E-state index < -0.39 is 5.91 Å². The molecule has 0 aliphatic heterocycles.